The summed E-state index contributed by atoms with van der Waals surface area (Å²) in [7, 11) is 1.76. The number of hydrogen-bond acceptors (Lipinski definition) is 1. The molecule has 1 aromatic carbocycles. The number of methoxy groups -OCH3 is 1. The molecule has 0 amide bonds. The lowest BCUT2D eigenvalue weighted by molar-refractivity contribution is 0.193. The van der Waals surface area contributed by atoms with Crippen LogP contribution in [0.25, 0.3) is 0 Å². The molecule has 0 radical (unpaired) electrons. The molecule has 0 aliphatic heterocycles. The summed E-state index contributed by atoms with van der Waals surface area (Å²) in [6.07, 6.45) is 3.55. The summed E-state index contributed by atoms with van der Waals surface area (Å²) in [5.41, 5.74) is 4.23. The molecule has 78 valence electrons. The summed E-state index contributed by atoms with van der Waals surface area (Å²) in [6.45, 7) is 5.21. The molecule has 1 aromatic rings. The number of rotatable bonds is 5. The Morgan fingerprint density at radius 2 is 1.86 bits per heavy atom. The van der Waals surface area contributed by atoms with E-state index in [4.69, 9.17) is 4.74 Å². The van der Waals surface area contributed by atoms with Crippen molar-refractivity contribution in [2.24, 2.45) is 0 Å². The van der Waals surface area contributed by atoms with E-state index in [1.54, 1.807) is 7.11 Å². The van der Waals surface area contributed by atoms with Crippen molar-refractivity contribution in [2.75, 3.05) is 13.7 Å². The van der Waals surface area contributed by atoms with Crippen molar-refractivity contribution in [3.8, 4) is 0 Å². The van der Waals surface area contributed by atoms with Crippen molar-refractivity contribution in [1.29, 1.82) is 0 Å². The lowest BCUT2D eigenvalue weighted by Gasteiger charge is -2.04. The van der Waals surface area contributed by atoms with Crippen molar-refractivity contribution < 1.29 is 4.74 Å². The highest BCUT2D eigenvalue weighted by Crippen LogP contribution is 2.12. The van der Waals surface area contributed by atoms with Crippen LogP contribution >= 0.6 is 0 Å². The normalized spacial score (nSPS) is 10.5. The molecule has 0 atom stereocenters. The lowest BCUT2D eigenvalue weighted by atomic mass is 10.0. The van der Waals surface area contributed by atoms with Crippen LogP contribution in [-0.4, -0.2) is 13.7 Å². The van der Waals surface area contributed by atoms with Crippen molar-refractivity contribution in [1.82, 2.24) is 0 Å². The van der Waals surface area contributed by atoms with Gasteiger partial charge in [-0.05, 0) is 49.8 Å². The predicted octanol–water partition coefficient (Wildman–Crippen LogP) is 3.27. The number of benzene rings is 1. The molecule has 0 unspecified atom stereocenters. The Bertz CT molecular complexity index is 279. The Morgan fingerprint density at radius 3 is 2.50 bits per heavy atom. The van der Waals surface area contributed by atoms with Crippen LogP contribution in [0.1, 0.15) is 29.5 Å². The second-order valence-corrected chi connectivity index (χ2v) is 3.87. The highest BCUT2D eigenvalue weighted by molar-refractivity contribution is 5.29. The van der Waals surface area contributed by atoms with E-state index in [1.807, 2.05) is 0 Å². The van der Waals surface area contributed by atoms with Crippen LogP contribution in [0.4, 0.5) is 0 Å². The van der Waals surface area contributed by atoms with E-state index in [9.17, 15) is 0 Å². The highest BCUT2D eigenvalue weighted by atomic mass is 16.5. The maximum Gasteiger partial charge on any atom is 0.0462 e. The molecule has 0 aliphatic carbocycles. The van der Waals surface area contributed by atoms with Crippen LogP contribution in [0.5, 0.6) is 0 Å². The third-order valence-corrected chi connectivity index (χ3v) is 2.64. The van der Waals surface area contributed by atoms with E-state index in [2.05, 4.69) is 32.0 Å². The molecule has 0 spiro atoms. The molecular weight excluding hydrogens is 172 g/mol. The van der Waals surface area contributed by atoms with Crippen LogP contribution < -0.4 is 0 Å². The van der Waals surface area contributed by atoms with Gasteiger partial charge in [0.25, 0.3) is 0 Å². The van der Waals surface area contributed by atoms with Crippen molar-refractivity contribution in [2.45, 2.75) is 33.1 Å². The molecule has 0 fully saturated rings. The Labute approximate surface area is 87.1 Å². The first-order valence-electron chi connectivity index (χ1n) is 5.29. The van der Waals surface area contributed by atoms with Gasteiger partial charge in [-0.3, -0.25) is 0 Å². The van der Waals surface area contributed by atoms with Gasteiger partial charge in [-0.2, -0.15) is 0 Å². The van der Waals surface area contributed by atoms with Gasteiger partial charge in [-0.15, -0.1) is 0 Å². The number of ether oxygens (including phenoxy) is 1. The van der Waals surface area contributed by atoms with E-state index >= 15 is 0 Å². The third-order valence-electron chi connectivity index (χ3n) is 2.64. The minimum atomic E-state index is 0.880. The zero-order valence-electron chi connectivity index (χ0n) is 9.47. The van der Waals surface area contributed by atoms with Gasteiger partial charge >= 0.3 is 0 Å². The highest BCUT2D eigenvalue weighted by Gasteiger charge is 1.96. The summed E-state index contributed by atoms with van der Waals surface area (Å²) in [4.78, 5) is 0. The number of hydrogen-bond donors (Lipinski definition) is 0. The van der Waals surface area contributed by atoms with Crippen molar-refractivity contribution in [3.63, 3.8) is 0 Å². The molecule has 0 N–H and O–H groups in total. The van der Waals surface area contributed by atoms with Crippen molar-refractivity contribution in [3.05, 3.63) is 34.9 Å². The Balaban J connectivity index is 2.39. The summed E-state index contributed by atoms with van der Waals surface area (Å²) >= 11 is 0. The number of unbranched alkanes of at least 4 members (excludes halogenated alkanes) is 1. The molecule has 0 aliphatic rings. The SMILES string of the molecule is COCCCCc1ccc(C)c(C)c1. The first-order valence-corrected chi connectivity index (χ1v) is 5.29. The van der Waals surface area contributed by atoms with Gasteiger partial charge in [0, 0.05) is 13.7 Å². The Hall–Kier alpha value is -0.820. The summed E-state index contributed by atoms with van der Waals surface area (Å²) < 4.78 is 5.02. The zero-order chi connectivity index (χ0) is 10.4. The molecule has 0 heterocycles. The molecular formula is C13H20O. The fraction of sp³-hybridized carbons (Fsp3) is 0.538. The minimum Gasteiger partial charge on any atom is -0.385 e. The molecule has 1 rings (SSSR count). The van der Waals surface area contributed by atoms with E-state index in [0.29, 0.717) is 0 Å². The van der Waals surface area contributed by atoms with Gasteiger partial charge in [0.05, 0.1) is 0 Å². The van der Waals surface area contributed by atoms with E-state index < -0.39 is 0 Å². The average molecular weight is 192 g/mol. The van der Waals surface area contributed by atoms with Gasteiger partial charge < -0.3 is 4.74 Å². The van der Waals surface area contributed by atoms with Crippen LogP contribution in [0.3, 0.4) is 0 Å². The van der Waals surface area contributed by atoms with Crippen LogP contribution in [-0.2, 0) is 11.2 Å². The van der Waals surface area contributed by atoms with Crippen LogP contribution in [0, 0.1) is 13.8 Å². The topological polar surface area (TPSA) is 9.23 Å². The average Bonchev–Trinajstić information content (AvgIpc) is 2.18. The maximum absolute atomic E-state index is 5.02. The summed E-state index contributed by atoms with van der Waals surface area (Å²) in [6, 6.07) is 6.73. The molecule has 0 saturated heterocycles. The second-order valence-electron chi connectivity index (χ2n) is 3.87. The Kier molecular flexibility index (Phi) is 4.68. The minimum absolute atomic E-state index is 0.880. The smallest absolute Gasteiger partial charge is 0.0462 e. The first-order chi connectivity index (χ1) is 6.74. The third kappa shape index (κ3) is 3.51. The van der Waals surface area contributed by atoms with Gasteiger partial charge in [-0.1, -0.05) is 18.2 Å². The maximum atomic E-state index is 5.02. The van der Waals surface area contributed by atoms with Gasteiger partial charge in [0.1, 0.15) is 0 Å². The summed E-state index contributed by atoms with van der Waals surface area (Å²) in [5, 5.41) is 0. The quantitative estimate of drug-likeness (QED) is 0.651. The monoisotopic (exact) mass is 192 g/mol. The zero-order valence-corrected chi connectivity index (χ0v) is 9.47. The van der Waals surface area contributed by atoms with Crippen LogP contribution in [0.2, 0.25) is 0 Å². The predicted molar refractivity (Wildman–Crippen MR) is 60.7 cm³/mol. The Morgan fingerprint density at radius 1 is 1.07 bits per heavy atom. The largest absolute Gasteiger partial charge is 0.385 e. The molecule has 0 bridgehead atoms. The molecule has 1 nitrogen and oxygen atoms in total. The van der Waals surface area contributed by atoms with Gasteiger partial charge in [0.15, 0.2) is 0 Å². The fourth-order valence-corrected chi connectivity index (χ4v) is 1.53. The van der Waals surface area contributed by atoms with E-state index in [-0.39, 0.29) is 0 Å². The van der Waals surface area contributed by atoms with E-state index in [1.165, 1.54) is 29.5 Å². The van der Waals surface area contributed by atoms with Crippen LogP contribution in [0.15, 0.2) is 18.2 Å². The fourth-order valence-electron chi connectivity index (χ4n) is 1.53. The van der Waals surface area contributed by atoms with Gasteiger partial charge in [0.2, 0.25) is 0 Å². The summed E-state index contributed by atoms with van der Waals surface area (Å²) in [5.74, 6) is 0. The lowest BCUT2D eigenvalue weighted by Crippen LogP contribution is -1.92. The molecule has 1 heteroatoms. The standard InChI is InChI=1S/C13H20O/c1-11-7-8-13(10-12(11)2)6-4-5-9-14-3/h7-8,10H,4-6,9H2,1-3H3. The first kappa shape index (κ1) is 11.3. The van der Waals surface area contributed by atoms with Gasteiger partial charge in [-0.25, -0.2) is 0 Å². The second kappa shape index (κ2) is 5.82. The molecule has 14 heavy (non-hydrogen) atoms. The number of aryl methyl sites for hydroxylation is 3. The molecule has 0 aromatic heterocycles. The molecule has 0 saturated carbocycles. The van der Waals surface area contributed by atoms with Crippen molar-refractivity contribution >= 4 is 0 Å². The van der Waals surface area contributed by atoms with E-state index in [0.717, 1.165) is 13.0 Å².